The maximum atomic E-state index is 11.4. The van der Waals surface area contributed by atoms with Crippen LogP contribution in [0.3, 0.4) is 0 Å². The van der Waals surface area contributed by atoms with Gasteiger partial charge < -0.3 is 9.84 Å². The van der Waals surface area contributed by atoms with Crippen LogP contribution in [0.15, 0.2) is 40.1 Å². The molecule has 4 nitrogen and oxygen atoms in total. The molecule has 0 aromatic heterocycles. The molecule has 1 aliphatic rings. The van der Waals surface area contributed by atoms with Crippen LogP contribution in [-0.4, -0.2) is 16.9 Å². The number of aliphatic hydroxyl groups is 1. The topological polar surface area (TPSA) is 63.6 Å². The van der Waals surface area contributed by atoms with E-state index in [-0.39, 0.29) is 11.4 Å². The number of esters is 1. The van der Waals surface area contributed by atoms with E-state index in [0.29, 0.717) is 5.56 Å². The highest BCUT2D eigenvalue weighted by molar-refractivity contribution is 9.10. The first-order valence-corrected chi connectivity index (χ1v) is 5.70. The fourth-order valence-electron chi connectivity index (χ4n) is 1.68. The molecule has 0 aliphatic carbocycles. The first-order chi connectivity index (χ1) is 8.00. The second-order valence-corrected chi connectivity index (χ2v) is 4.57. The van der Waals surface area contributed by atoms with Crippen molar-refractivity contribution < 1.29 is 19.4 Å². The average molecular weight is 297 g/mol. The number of benzene rings is 1. The Kier molecular flexibility index (Phi) is 3.02. The minimum Gasteiger partial charge on any atom is -0.501 e. The molecule has 1 heterocycles. The predicted octanol–water partition coefficient (Wildman–Crippen LogP) is 2.45. The standard InChI is InChI=1S/C12H9BrO4/c1-6(14)9-10(15)12(16)17-11(9)7-2-4-8(13)5-3-7/h2-5,11,15H,1H3/t11-/m1/s1. The van der Waals surface area contributed by atoms with E-state index in [1.54, 1.807) is 24.3 Å². The Bertz CT molecular complexity index is 516. The summed E-state index contributed by atoms with van der Waals surface area (Å²) in [5.41, 5.74) is 0.660. The molecule has 0 saturated heterocycles. The Morgan fingerprint density at radius 3 is 2.47 bits per heavy atom. The Balaban J connectivity index is 2.44. The average Bonchev–Trinajstić information content (AvgIpc) is 2.56. The summed E-state index contributed by atoms with van der Waals surface area (Å²) >= 11 is 3.29. The monoisotopic (exact) mass is 296 g/mol. The van der Waals surface area contributed by atoms with Gasteiger partial charge in [0.1, 0.15) is 0 Å². The van der Waals surface area contributed by atoms with E-state index in [1.165, 1.54) is 6.92 Å². The zero-order chi connectivity index (χ0) is 12.6. The van der Waals surface area contributed by atoms with E-state index in [0.717, 1.165) is 4.47 Å². The minimum atomic E-state index is -0.858. The molecule has 2 rings (SSSR count). The van der Waals surface area contributed by atoms with Gasteiger partial charge in [0.15, 0.2) is 11.9 Å². The predicted molar refractivity (Wildman–Crippen MR) is 63.3 cm³/mol. The van der Waals surface area contributed by atoms with E-state index < -0.39 is 17.8 Å². The van der Waals surface area contributed by atoms with Gasteiger partial charge in [0, 0.05) is 4.47 Å². The second kappa shape index (κ2) is 4.33. The largest absolute Gasteiger partial charge is 0.501 e. The van der Waals surface area contributed by atoms with Gasteiger partial charge in [0.25, 0.3) is 0 Å². The first kappa shape index (κ1) is 11.9. The van der Waals surface area contributed by atoms with Gasteiger partial charge in [0.05, 0.1) is 5.57 Å². The first-order valence-electron chi connectivity index (χ1n) is 4.91. The van der Waals surface area contributed by atoms with Crippen LogP contribution in [0.4, 0.5) is 0 Å². The number of ketones is 1. The number of rotatable bonds is 2. The van der Waals surface area contributed by atoms with E-state index >= 15 is 0 Å². The quantitative estimate of drug-likeness (QED) is 0.852. The molecule has 17 heavy (non-hydrogen) atoms. The molecule has 0 fully saturated rings. The van der Waals surface area contributed by atoms with Crippen molar-refractivity contribution in [2.75, 3.05) is 0 Å². The molecule has 1 aliphatic heterocycles. The van der Waals surface area contributed by atoms with Crippen LogP contribution >= 0.6 is 15.9 Å². The van der Waals surface area contributed by atoms with Crippen molar-refractivity contribution in [2.24, 2.45) is 0 Å². The lowest BCUT2D eigenvalue weighted by atomic mass is 9.99. The molecule has 1 aromatic rings. The molecule has 1 N–H and O–H groups in total. The Hall–Kier alpha value is -1.62. The van der Waals surface area contributed by atoms with Gasteiger partial charge >= 0.3 is 5.97 Å². The third kappa shape index (κ3) is 2.10. The third-order valence-electron chi connectivity index (χ3n) is 2.49. The SMILES string of the molecule is CC(=O)C1=C(O)C(=O)O[C@@H]1c1ccc(Br)cc1. The molecule has 0 unspecified atom stereocenters. The number of aliphatic hydroxyl groups excluding tert-OH is 1. The van der Waals surface area contributed by atoms with E-state index in [2.05, 4.69) is 15.9 Å². The molecular formula is C12H9BrO4. The summed E-state index contributed by atoms with van der Waals surface area (Å²) in [6, 6.07) is 7.00. The van der Waals surface area contributed by atoms with E-state index in [4.69, 9.17) is 4.74 Å². The van der Waals surface area contributed by atoms with Crippen LogP contribution in [0.25, 0.3) is 0 Å². The Morgan fingerprint density at radius 2 is 1.94 bits per heavy atom. The van der Waals surface area contributed by atoms with Gasteiger partial charge in [-0.3, -0.25) is 4.79 Å². The van der Waals surface area contributed by atoms with Crippen LogP contribution < -0.4 is 0 Å². The summed E-state index contributed by atoms with van der Waals surface area (Å²) in [7, 11) is 0. The molecule has 0 amide bonds. The lowest BCUT2D eigenvalue weighted by Gasteiger charge is -2.12. The highest BCUT2D eigenvalue weighted by atomic mass is 79.9. The number of hydrogen-bond donors (Lipinski definition) is 1. The van der Waals surface area contributed by atoms with Crippen molar-refractivity contribution in [1.29, 1.82) is 0 Å². The van der Waals surface area contributed by atoms with Crippen molar-refractivity contribution in [3.63, 3.8) is 0 Å². The van der Waals surface area contributed by atoms with Crippen molar-refractivity contribution in [2.45, 2.75) is 13.0 Å². The molecule has 0 radical (unpaired) electrons. The highest BCUT2D eigenvalue weighted by Crippen LogP contribution is 2.35. The highest BCUT2D eigenvalue weighted by Gasteiger charge is 2.37. The summed E-state index contributed by atoms with van der Waals surface area (Å²) in [6.45, 7) is 1.29. The van der Waals surface area contributed by atoms with Crippen LogP contribution in [0.1, 0.15) is 18.6 Å². The third-order valence-corrected chi connectivity index (χ3v) is 3.02. The van der Waals surface area contributed by atoms with Gasteiger partial charge in [-0.15, -0.1) is 0 Å². The number of halogens is 1. The summed E-state index contributed by atoms with van der Waals surface area (Å²) in [5.74, 6) is -1.82. The summed E-state index contributed by atoms with van der Waals surface area (Å²) in [4.78, 5) is 22.6. The molecule has 0 bridgehead atoms. The number of carbonyl (C=O) groups is 2. The number of Topliss-reactive ketones (excluding diaryl/α,β-unsaturated/α-hetero) is 1. The van der Waals surface area contributed by atoms with Crippen molar-refractivity contribution >= 4 is 27.7 Å². The molecule has 0 spiro atoms. The van der Waals surface area contributed by atoms with Crippen LogP contribution in [0.2, 0.25) is 0 Å². The lowest BCUT2D eigenvalue weighted by molar-refractivity contribution is -0.142. The van der Waals surface area contributed by atoms with Gasteiger partial charge in [-0.25, -0.2) is 4.79 Å². The summed E-state index contributed by atoms with van der Waals surface area (Å²) < 4.78 is 5.85. The lowest BCUT2D eigenvalue weighted by Crippen LogP contribution is -2.07. The summed E-state index contributed by atoms with van der Waals surface area (Å²) in [6.07, 6.45) is -0.812. The molecule has 1 aromatic carbocycles. The Labute approximate surface area is 106 Å². The van der Waals surface area contributed by atoms with Crippen LogP contribution in [0, 0.1) is 0 Å². The normalized spacial score (nSPS) is 19.4. The van der Waals surface area contributed by atoms with Gasteiger partial charge in [0.2, 0.25) is 5.76 Å². The zero-order valence-electron chi connectivity index (χ0n) is 8.94. The van der Waals surface area contributed by atoms with Gasteiger partial charge in [-0.05, 0) is 24.6 Å². The maximum Gasteiger partial charge on any atom is 0.374 e. The van der Waals surface area contributed by atoms with Crippen molar-refractivity contribution in [3.05, 3.63) is 45.6 Å². The maximum absolute atomic E-state index is 11.4. The Morgan fingerprint density at radius 1 is 1.35 bits per heavy atom. The van der Waals surface area contributed by atoms with Gasteiger partial charge in [-0.1, -0.05) is 28.1 Å². The fraction of sp³-hybridized carbons (Fsp3) is 0.167. The zero-order valence-corrected chi connectivity index (χ0v) is 10.5. The number of carbonyl (C=O) groups excluding carboxylic acids is 2. The minimum absolute atomic E-state index is 0.0114. The number of ether oxygens (including phenoxy) is 1. The van der Waals surface area contributed by atoms with Crippen LogP contribution in [0.5, 0.6) is 0 Å². The van der Waals surface area contributed by atoms with Crippen LogP contribution in [-0.2, 0) is 14.3 Å². The number of hydrogen-bond acceptors (Lipinski definition) is 4. The van der Waals surface area contributed by atoms with Crippen molar-refractivity contribution in [1.82, 2.24) is 0 Å². The molecular weight excluding hydrogens is 288 g/mol. The smallest absolute Gasteiger partial charge is 0.374 e. The second-order valence-electron chi connectivity index (χ2n) is 3.66. The van der Waals surface area contributed by atoms with Crippen molar-refractivity contribution in [3.8, 4) is 0 Å². The molecule has 1 atom stereocenters. The van der Waals surface area contributed by atoms with E-state index in [1.807, 2.05) is 0 Å². The summed E-state index contributed by atoms with van der Waals surface area (Å²) in [5, 5.41) is 9.49. The molecule has 5 heteroatoms. The van der Waals surface area contributed by atoms with E-state index in [9.17, 15) is 14.7 Å². The molecule has 88 valence electrons. The number of cyclic esters (lactones) is 1. The molecule has 0 saturated carbocycles. The van der Waals surface area contributed by atoms with Gasteiger partial charge in [-0.2, -0.15) is 0 Å². The fourth-order valence-corrected chi connectivity index (χ4v) is 1.94.